The SMILES string of the molecule is COC1CN([C@H]2CC[C@@H]([C@]3(C)Oc4c(C)c(C(=O)NCc5c(SC)cc(C)[nH]c5=O)c(Cl)c(Cl)c4O3)CC2)C1. The second-order valence-corrected chi connectivity index (χ2v) is 12.4. The monoisotopic (exact) mass is 595 g/mol. The van der Waals surface area contributed by atoms with Crippen molar-refractivity contribution >= 4 is 40.9 Å². The van der Waals surface area contributed by atoms with E-state index in [1.807, 2.05) is 26.2 Å². The average Bonchev–Trinajstić information content (AvgIpc) is 3.25. The second kappa shape index (κ2) is 11.2. The molecule has 2 N–H and O–H groups in total. The molecule has 11 heteroatoms. The molecule has 1 aromatic carbocycles. The zero-order chi connectivity index (χ0) is 28.1. The van der Waals surface area contributed by atoms with Crippen LogP contribution in [0.4, 0.5) is 0 Å². The number of pyridine rings is 1. The first-order valence-electron chi connectivity index (χ1n) is 13.3. The molecule has 1 aromatic heterocycles. The van der Waals surface area contributed by atoms with Crippen LogP contribution >= 0.6 is 35.0 Å². The Hall–Kier alpha value is -1.91. The number of carbonyl (C=O) groups excluding carboxylic acids is 1. The predicted octanol–water partition coefficient (Wildman–Crippen LogP) is 5.33. The van der Waals surface area contributed by atoms with Crippen LogP contribution in [0.15, 0.2) is 15.8 Å². The fourth-order valence-corrected chi connectivity index (χ4v) is 7.25. The first-order valence-corrected chi connectivity index (χ1v) is 15.3. The van der Waals surface area contributed by atoms with Gasteiger partial charge in [-0.2, -0.15) is 0 Å². The van der Waals surface area contributed by atoms with Crippen molar-refractivity contribution in [2.24, 2.45) is 5.92 Å². The molecule has 212 valence electrons. The number of aromatic nitrogens is 1. The van der Waals surface area contributed by atoms with Gasteiger partial charge in [-0.25, -0.2) is 0 Å². The molecule has 3 heterocycles. The van der Waals surface area contributed by atoms with Crippen LogP contribution in [-0.2, 0) is 11.3 Å². The lowest BCUT2D eigenvalue weighted by Gasteiger charge is -2.47. The molecule has 1 amide bonds. The molecular formula is C28H35Cl2N3O5S. The summed E-state index contributed by atoms with van der Waals surface area (Å²) in [6, 6.07) is 2.44. The first kappa shape index (κ1) is 28.6. The van der Waals surface area contributed by atoms with Crippen LogP contribution < -0.4 is 20.3 Å². The van der Waals surface area contributed by atoms with Gasteiger partial charge in [-0.3, -0.25) is 14.5 Å². The van der Waals surface area contributed by atoms with Crippen LogP contribution in [-0.4, -0.2) is 60.2 Å². The third-order valence-electron chi connectivity index (χ3n) is 8.41. The number of nitrogens with zero attached hydrogens (tertiary/aromatic N) is 1. The normalized spacial score (nSPS) is 25.0. The number of halogens is 2. The summed E-state index contributed by atoms with van der Waals surface area (Å²) in [5.74, 6) is -0.332. The molecule has 1 saturated heterocycles. The molecular weight excluding hydrogens is 561 g/mol. The maximum Gasteiger partial charge on any atom is 0.254 e. The molecule has 0 unspecified atom stereocenters. The molecule has 2 aromatic rings. The molecule has 1 aliphatic carbocycles. The highest BCUT2D eigenvalue weighted by Gasteiger charge is 2.49. The Bertz CT molecular complexity index is 1340. The van der Waals surface area contributed by atoms with E-state index in [2.05, 4.69) is 15.2 Å². The zero-order valence-corrected chi connectivity index (χ0v) is 25.2. The van der Waals surface area contributed by atoms with Gasteiger partial charge in [-0.1, -0.05) is 23.2 Å². The van der Waals surface area contributed by atoms with Crippen molar-refractivity contribution in [3.8, 4) is 11.5 Å². The summed E-state index contributed by atoms with van der Waals surface area (Å²) in [7, 11) is 1.77. The summed E-state index contributed by atoms with van der Waals surface area (Å²) in [6.45, 7) is 7.59. The number of aromatic amines is 1. The van der Waals surface area contributed by atoms with Crippen LogP contribution in [0.5, 0.6) is 11.5 Å². The number of rotatable bonds is 7. The van der Waals surface area contributed by atoms with Crippen molar-refractivity contribution < 1.29 is 19.0 Å². The van der Waals surface area contributed by atoms with Gasteiger partial charge in [0.05, 0.1) is 16.7 Å². The molecule has 2 aliphatic heterocycles. The van der Waals surface area contributed by atoms with Gasteiger partial charge in [0.1, 0.15) is 5.02 Å². The molecule has 3 aliphatic rings. The first-order chi connectivity index (χ1) is 18.6. The topological polar surface area (TPSA) is 92.9 Å². The van der Waals surface area contributed by atoms with Crippen molar-refractivity contribution in [3.05, 3.63) is 48.8 Å². The molecule has 0 radical (unpaired) electrons. The number of H-pyrrole nitrogens is 1. The minimum absolute atomic E-state index is 0.0511. The summed E-state index contributed by atoms with van der Waals surface area (Å²) in [5.41, 5.74) is 1.79. The van der Waals surface area contributed by atoms with Crippen LogP contribution in [0.1, 0.15) is 59.8 Å². The van der Waals surface area contributed by atoms with Crippen LogP contribution in [0.2, 0.25) is 10.0 Å². The van der Waals surface area contributed by atoms with E-state index in [0.29, 0.717) is 34.8 Å². The van der Waals surface area contributed by atoms with Gasteiger partial charge in [0.25, 0.3) is 17.3 Å². The van der Waals surface area contributed by atoms with Crippen molar-refractivity contribution in [3.63, 3.8) is 0 Å². The number of nitrogens with one attached hydrogen (secondary N) is 2. The fraction of sp³-hybridized carbons (Fsp3) is 0.571. The maximum absolute atomic E-state index is 13.3. The van der Waals surface area contributed by atoms with Gasteiger partial charge < -0.3 is 24.5 Å². The Balaban J connectivity index is 1.31. The van der Waals surface area contributed by atoms with E-state index >= 15 is 0 Å². The number of hydrogen-bond donors (Lipinski definition) is 2. The van der Waals surface area contributed by atoms with Gasteiger partial charge in [0.2, 0.25) is 0 Å². The quantitative estimate of drug-likeness (QED) is 0.418. The molecule has 2 fully saturated rings. The van der Waals surface area contributed by atoms with Crippen LogP contribution in [0.25, 0.3) is 0 Å². The van der Waals surface area contributed by atoms with Crippen molar-refractivity contribution in [2.75, 3.05) is 26.5 Å². The Morgan fingerprint density at radius 2 is 1.85 bits per heavy atom. The van der Waals surface area contributed by atoms with E-state index in [1.165, 1.54) is 11.8 Å². The standard InChI is InChI=1S/C28H35Cl2N3O5S/c1-14-10-20(39-5)19(26(34)32-14)11-31-27(35)21-15(2)24-25(23(30)22(21)29)38-28(3,37-24)16-6-8-17(9-7-16)33-12-18(13-33)36-4/h10,16-18H,6-9,11-13H2,1-5H3,(H,31,35)(H,32,34)/t16-,17+,28-/m1/s1. The number of methoxy groups -OCH3 is 1. The summed E-state index contributed by atoms with van der Waals surface area (Å²) < 4.78 is 18.2. The van der Waals surface area contributed by atoms with Gasteiger partial charge >= 0.3 is 0 Å². The highest BCUT2D eigenvalue weighted by Crippen LogP contribution is 2.54. The Morgan fingerprint density at radius 1 is 1.18 bits per heavy atom. The van der Waals surface area contributed by atoms with E-state index in [0.717, 1.165) is 49.4 Å². The third-order valence-corrected chi connectivity index (χ3v) is 10.0. The lowest BCUT2D eigenvalue weighted by molar-refractivity contribution is -0.130. The largest absolute Gasteiger partial charge is 0.448 e. The third kappa shape index (κ3) is 5.28. The maximum atomic E-state index is 13.3. The molecule has 5 rings (SSSR count). The fourth-order valence-electron chi connectivity index (χ4n) is 6.01. The predicted molar refractivity (Wildman–Crippen MR) is 154 cm³/mol. The number of ether oxygens (including phenoxy) is 3. The van der Waals surface area contributed by atoms with Crippen molar-refractivity contribution in [1.82, 2.24) is 15.2 Å². The Morgan fingerprint density at radius 3 is 2.49 bits per heavy atom. The number of thioether (sulfide) groups is 1. The van der Waals surface area contributed by atoms with E-state index in [4.69, 9.17) is 37.4 Å². The number of aryl methyl sites for hydroxylation is 1. The van der Waals surface area contributed by atoms with Gasteiger partial charge in [-0.15, -0.1) is 11.8 Å². The smallest absolute Gasteiger partial charge is 0.254 e. The number of carbonyl (C=O) groups is 1. The number of likely N-dealkylation sites (tertiary alicyclic amines) is 1. The molecule has 1 saturated carbocycles. The lowest BCUT2D eigenvalue weighted by Crippen LogP contribution is -2.57. The van der Waals surface area contributed by atoms with E-state index in [9.17, 15) is 9.59 Å². The summed E-state index contributed by atoms with van der Waals surface area (Å²) in [4.78, 5) is 32.0. The minimum atomic E-state index is -0.896. The van der Waals surface area contributed by atoms with Crippen molar-refractivity contribution in [2.45, 2.75) is 75.8 Å². The number of benzene rings is 1. The van der Waals surface area contributed by atoms with E-state index < -0.39 is 11.7 Å². The second-order valence-electron chi connectivity index (χ2n) is 10.8. The number of amides is 1. The lowest BCUT2D eigenvalue weighted by atomic mass is 9.80. The summed E-state index contributed by atoms with van der Waals surface area (Å²) in [5, 5.41) is 3.11. The van der Waals surface area contributed by atoms with Gasteiger partial charge in [0, 0.05) is 67.3 Å². The molecule has 39 heavy (non-hydrogen) atoms. The van der Waals surface area contributed by atoms with Gasteiger partial charge in [0.15, 0.2) is 11.5 Å². The molecule has 8 nitrogen and oxygen atoms in total. The minimum Gasteiger partial charge on any atom is -0.448 e. The van der Waals surface area contributed by atoms with E-state index in [1.54, 1.807) is 14.0 Å². The molecule has 0 bridgehead atoms. The van der Waals surface area contributed by atoms with Crippen LogP contribution in [0.3, 0.4) is 0 Å². The zero-order valence-electron chi connectivity index (χ0n) is 22.9. The summed E-state index contributed by atoms with van der Waals surface area (Å²) in [6.07, 6.45) is 6.30. The van der Waals surface area contributed by atoms with Gasteiger partial charge in [-0.05, 0) is 51.9 Å². The average molecular weight is 597 g/mol. The number of fused-ring (bicyclic) bond motifs is 1. The molecule has 1 atom stereocenters. The van der Waals surface area contributed by atoms with Crippen molar-refractivity contribution in [1.29, 1.82) is 0 Å². The highest BCUT2D eigenvalue weighted by atomic mass is 35.5. The Kier molecular flexibility index (Phi) is 8.19. The molecule has 0 spiro atoms. The van der Waals surface area contributed by atoms with E-state index in [-0.39, 0.29) is 33.6 Å². The van der Waals surface area contributed by atoms with Crippen LogP contribution in [0, 0.1) is 19.8 Å². The number of hydrogen-bond acceptors (Lipinski definition) is 7. The highest BCUT2D eigenvalue weighted by molar-refractivity contribution is 7.98. The summed E-state index contributed by atoms with van der Waals surface area (Å²) >= 11 is 14.7. The Labute approximate surface area is 243 Å².